The summed E-state index contributed by atoms with van der Waals surface area (Å²) in [5.74, 6) is 0.754. The number of hydrogen-bond donors (Lipinski definition) is 2. The summed E-state index contributed by atoms with van der Waals surface area (Å²) in [6, 6.07) is 21.1. The van der Waals surface area contributed by atoms with E-state index < -0.39 is 0 Å². The summed E-state index contributed by atoms with van der Waals surface area (Å²) in [7, 11) is 1.75. The fourth-order valence-electron chi connectivity index (χ4n) is 4.13. The summed E-state index contributed by atoms with van der Waals surface area (Å²) >= 11 is 0. The molecule has 1 heterocycles. The lowest BCUT2D eigenvalue weighted by Gasteiger charge is -2.16. The summed E-state index contributed by atoms with van der Waals surface area (Å²) in [5, 5.41) is 10.6. The number of amides is 2. The van der Waals surface area contributed by atoms with Crippen LogP contribution in [0, 0.1) is 0 Å². The van der Waals surface area contributed by atoms with Gasteiger partial charge in [0.1, 0.15) is 5.82 Å². The smallest absolute Gasteiger partial charge is 0.239 e. The summed E-state index contributed by atoms with van der Waals surface area (Å²) in [6.07, 6.45) is 4.72. The van der Waals surface area contributed by atoms with Gasteiger partial charge in [-0.15, -0.1) is 0 Å². The van der Waals surface area contributed by atoms with Gasteiger partial charge in [0.05, 0.1) is 24.5 Å². The fourth-order valence-corrected chi connectivity index (χ4v) is 4.13. The quantitative estimate of drug-likeness (QED) is 0.564. The number of carbonyl (C=O) groups excluding carboxylic acids is 2. The number of carbonyl (C=O) groups is 2. The Labute approximate surface area is 188 Å². The van der Waals surface area contributed by atoms with Gasteiger partial charge in [-0.05, 0) is 44.2 Å². The first-order valence-electron chi connectivity index (χ1n) is 11.1. The van der Waals surface area contributed by atoms with Crippen molar-refractivity contribution in [2.45, 2.75) is 31.6 Å². The lowest BCUT2D eigenvalue weighted by Crippen LogP contribution is -2.36. The molecular weight excluding hydrogens is 402 g/mol. The van der Waals surface area contributed by atoms with Gasteiger partial charge < -0.3 is 10.6 Å². The number of rotatable bonds is 8. The van der Waals surface area contributed by atoms with Crippen molar-refractivity contribution in [2.75, 3.05) is 30.8 Å². The van der Waals surface area contributed by atoms with Gasteiger partial charge in [0.2, 0.25) is 11.8 Å². The van der Waals surface area contributed by atoms with E-state index in [-0.39, 0.29) is 24.9 Å². The molecule has 4 rings (SSSR count). The highest BCUT2D eigenvalue weighted by molar-refractivity contribution is 5.94. The molecule has 0 saturated heterocycles. The van der Waals surface area contributed by atoms with E-state index in [4.69, 9.17) is 5.10 Å². The van der Waals surface area contributed by atoms with Crippen LogP contribution in [0.2, 0.25) is 0 Å². The van der Waals surface area contributed by atoms with Crippen LogP contribution in [0.15, 0.2) is 66.7 Å². The minimum absolute atomic E-state index is 0.0982. The lowest BCUT2D eigenvalue weighted by molar-refractivity contribution is -0.119. The molecule has 2 amide bonds. The topological polar surface area (TPSA) is 79.3 Å². The van der Waals surface area contributed by atoms with Gasteiger partial charge in [0, 0.05) is 17.7 Å². The highest BCUT2D eigenvalue weighted by Gasteiger charge is 2.23. The zero-order valence-electron chi connectivity index (χ0n) is 18.3. The van der Waals surface area contributed by atoms with Crippen molar-refractivity contribution in [1.29, 1.82) is 0 Å². The maximum Gasteiger partial charge on any atom is 0.239 e. The minimum Gasteiger partial charge on any atom is -0.325 e. The number of nitrogens with zero attached hydrogens (tertiary/aromatic N) is 3. The second-order valence-corrected chi connectivity index (χ2v) is 8.32. The molecule has 1 aliphatic rings. The zero-order valence-corrected chi connectivity index (χ0v) is 18.3. The van der Waals surface area contributed by atoms with Gasteiger partial charge in [-0.25, -0.2) is 4.68 Å². The monoisotopic (exact) mass is 431 g/mol. The molecule has 0 spiro atoms. The number of likely N-dealkylation sites (N-methyl/N-ethyl adjacent to an activating group) is 1. The number of benzene rings is 2. The molecule has 32 heavy (non-hydrogen) atoms. The Morgan fingerprint density at radius 2 is 1.53 bits per heavy atom. The Hall–Kier alpha value is -3.45. The predicted molar refractivity (Wildman–Crippen MR) is 126 cm³/mol. The molecule has 1 fully saturated rings. The molecule has 1 aromatic heterocycles. The van der Waals surface area contributed by atoms with Crippen molar-refractivity contribution in [2.24, 2.45) is 0 Å². The van der Waals surface area contributed by atoms with E-state index in [1.54, 1.807) is 16.6 Å². The molecule has 0 radical (unpaired) electrons. The molecule has 3 aromatic rings. The van der Waals surface area contributed by atoms with Crippen LogP contribution in [0.25, 0.3) is 5.69 Å². The molecule has 0 unspecified atom stereocenters. The van der Waals surface area contributed by atoms with Crippen molar-refractivity contribution in [1.82, 2.24) is 14.7 Å². The van der Waals surface area contributed by atoms with Gasteiger partial charge in [-0.1, -0.05) is 49.2 Å². The highest BCUT2D eigenvalue weighted by atomic mass is 16.2. The molecule has 0 atom stereocenters. The molecule has 1 saturated carbocycles. The molecule has 0 bridgehead atoms. The molecule has 7 heteroatoms. The zero-order chi connectivity index (χ0) is 22.3. The first kappa shape index (κ1) is 21.8. The van der Waals surface area contributed by atoms with Crippen LogP contribution < -0.4 is 10.6 Å². The van der Waals surface area contributed by atoms with Crippen LogP contribution in [0.3, 0.4) is 0 Å². The van der Waals surface area contributed by atoms with Crippen molar-refractivity contribution < 1.29 is 9.59 Å². The van der Waals surface area contributed by atoms with Crippen molar-refractivity contribution in [3.05, 3.63) is 72.4 Å². The third kappa shape index (κ3) is 5.62. The van der Waals surface area contributed by atoms with Crippen LogP contribution in [0.5, 0.6) is 0 Å². The van der Waals surface area contributed by atoms with Gasteiger partial charge in [-0.2, -0.15) is 5.10 Å². The van der Waals surface area contributed by atoms with Crippen molar-refractivity contribution in [3.63, 3.8) is 0 Å². The molecule has 7 nitrogen and oxygen atoms in total. The van der Waals surface area contributed by atoms with Crippen LogP contribution in [0.4, 0.5) is 11.5 Å². The van der Waals surface area contributed by atoms with E-state index in [2.05, 4.69) is 10.6 Å². The summed E-state index contributed by atoms with van der Waals surface area (Å²) in [4.78, 5) is 26.7. The van der Waals surface area contributed by atoms with E-state index in [0.717, 1.165) is 29.9 Å². The molecule has 2 N–H and O–H groups in total. The number of hydrogen-bond acceptors (Lipinski definition) is 4. The van der Waals surface area contributed by atoms with Gasteiger partial charge >= 0.3 is 0 Å². The van der Waals surface area contributed by atoms with Crippen molar-refractivity contribution in [3.8, 4) is 5.69 Å². The van der Waals surface area contributed by atoms with E-state index in [1.807, 2.05) is 66.7 Å². The first-order chi connectivity index (χ1) is 15.6. The summed E-state index contributed by atoms with van der Waals surface area (Å²) < 4.78 is 1.80. The molecule has 1 aliphatic carbocycles. The standard InChI is InChI=1S/C25H29N5O2/c1-29(17-24(31)26-20-12-4-2-5-13-20)18-25(32)27-23-16-22(19-10-8-9-11-19)28-30(23)21-14-6-3-7-15-21/h2-7,12-16,19H,8-11,17-18H2,1H3,(H,26,31)(H,27,32). The maximum atomic E-state index is 12.8. The third-order valence-electron chi connectivity index (χ3n) is 5.65. The Morgan fingerprint density at radius 3 is 2.19 bits per heavy atom. The molecule has 2 aromatic carbocycles. The van der Waals surface area contributed by atoms with Gasteiger partial charge in [-0.3, -0.25) is 14.5 Å². The van der Waals surface area contributed by atoms with Crippen LogP contribution in [-0.4, -0.2) is 46.6 Å². The number of para-hydroxylation sites is 2. The lowest BCUT2D eigenvalue weighted by atomic mass is 10.0. The second-order valence-electron chi connectivity index (χ2n) is 8.32. The Kier molecular flexibility index (Phi) is 6.97. The average molecular weight is 432 g/mol. The number of aromatic nitrogens is 2. The van der Waals surface area contributed by atoms with E-state index in [0.29, 0.717) is 11.7 Å². The van der Waals surface area contributed by atoms with Gasteiger partial charge in [0.15, 0.2) is 0 Å². The second kappa shape index (κ2) is 10.2. The van der Waals surface area contributed by atoms with Crippen molar-refractivity contribution >= 4 is 23.3 Å². The van der Waals surface area contributed by atoms with Gasteiger partial charge in [0.25, 0.3) is 0 Å². The Morgan fingerprint density at radius 1 is 0.938 bits per heavy atom. The molecule has 166 valence electrons. The number of nitrogens with one attached hydrogen (secondary N) is 2. The normalized spacial score (nSPS) is 13.9. The Bertz CT molecular complexity index is 1040. The molecular formula is C25H29N5O2. The largest absolute Gasteiger partial charge is 0.325 e. The maximum absolute atomic E-state index is 12.8. The van der Waals surface area contributed by atoms with E-state index in [9.17, 15) is 9.59 Å². The predicted octanol–water partition coefficient (Wildman–Crippen LogP) is 4.04. The fraction of sp³-hybridized carbons (Fsp3) is 0.320. The van der Waals surface area contributed by atoms with E-state index >= 15 is 0 Å². The van der Waals surface area contributed by atoms with Crippen LogP contribution >= 0.6 is 0 Å². The van der Waals surface area contributed by atoms with Crippen LogP contribution in [0.1, 0.15) is 37.3 Å². The highest BCUT2D eigenvalue weighted by Crippen LogP contribution is 2.35. The SMILES string of the molecule is CN(CC(=O)Nc1ccccc1)CC(=O)Nc1cc(C2CCCC2)nn1-c1ccccc1. The first-order valence-corrected chi connectivity index (χ1v) is 11.1. The number of anilines is 2. The third-order valence-corrected chi connectivity index (χ3v) is 5.65. The summed E-state index contributed by atoms with van der Waals surface area (Å²) in [5.41, 5.74) is 2.67. The average Bonchev–Trinajstić information content (AvgIpc) is 3.45. The van der Waals surface area contributed by atoms with Crippen LogP contribution in [-0.2, 0) is 9.59 Å². The summed E-state index contributed by atoms with van der Waals surface area (Å²) in [6.45, 7) is 0.217. The van der Waals surface area contributed by atoms with E-state index in [1.165, 1.54) is 12.8 Å². The minimum atomic E-state index is -0.185. The molecule has 0 aliphatic heterocycles. The Balaban J connectivity index is 1.40.